The highest BCUT2D eigenvalue weighted by Crippen LogP contribution is 2.30. The van der Waals surface area contributed by atoms with Gasteiger partial charge in [-0.15, -0.1) is 23.4 Å². The van der Waals surface area contributed by atoms with Crippen LogP contribution in [0.2, 0.25) is 0 Å². The van der Waals surface area contributed by atoms with Crippen molar-refractivity contribution in [1.82, 2.24) is 15.5 Å². The third kappa shape index (κ3) is 6.74. The Morgan fingerprint density at radius 2 is 2.03 bits per heavy atom. The van der Waals surface area contributed by atoms with E-state index in [2.05, 4.69) is 20.3 Å². The standard InChI is InChI=1S/C22H22F3N3O3S/c1-21(11-4-2-9-17(21)29)12-5-3-10-18-27-28-20(32-18)19(30)26-14-15-7-6-8-16(13-15)31-22(23,24)25/h2,4,6-9,11,13H,3,5,10,12,14H2,1H3,(H,26,30). The minimum Gasteiger partial charge on any atom is -0.406 e. The summed E-state index contributed by atoms with van der Waals surface area (Å²) in [5, 5.41) is 11.5. The van der Waals surface area contributed by atoms with Crippen LogP contribution in [0, 0.1) is 5.41 Å². The van der Waals surface area contributed by atoms with E-state index < -0.39 is 17.7 Å². The number of hydrogen-bond donors (Lipinski definition) is 1. The Morgan fingerprint density at radius 3 is 2.78 bits per heavy atom. The van der Waals surface area contributed by atoms with Crippen LogP contribution in [0.4, 0.5) is 13.2 Å². The van der Waals surface area contributed by atoms with Crippen molar-refractivity contribution in [2.24, 2.45) is 5.41 Å². The molecule has 2 aromatic rings. The number of alkyl halides is 3. The predicted octanol–water partition coefficient (Wildman–Crippen LogP) is 4.78. The van der Waals surface area contributed by atoms with Crippen LogP contribution in [0.25, 0.3) is 0 Å². The van der Waals surface area contributed by atoms with Gasteiger partial charge < -0.3 is 10.1 Å². The SMILES string of the molecule is CC1(CCCCc2nnc(C(=O)NCc3cccc(OC(F)(F)F)c3)s2)C=CC=CC1=O. The number of aromatic nitrogens is 2. The van der Waals surface area contributed by atoms with Gasteiger partial charge in [-0.05, 0) is 43.5 Å². The van der Waals surface area contributed by atoms with Crippen molar-refractivity contribution in [3.05, 3.63) is 64.1 Å². The van der Waals surface area contributed by atoms with E-state index in [1.807, 2.05) is 19.1 Å². The maximum absolute atomic E-state index is 12.3. The number of benzene rings is 1. The summed E-state index contributed by atoms with van der Waals surface area (Å²) in [6.07, 6.45) is 5.38. The van der Waals surface area contributed by atoms with Gasteiger partial charge >= 0.3 is 6.36 Å². The van der Waals surface area contributed by atoms with E-state index in [4.69, 9.17) is 0 Å². The number of amides is 1. The number of nitrogens with zero attached hydrogens (tertiary/aromatic N) is 2. The summed E-state index contributed by atoms with van der Waals surface area (Å²) in [7, 11) is 0. The van der Waals surface area contributed by atoms with Crippen LogP contribution in [-0.2, 0) is 17.8 Å². The molecule has 170 valence electrons. The zero-order valence-corrected chi connectivity index (χ0v) is 18.1. The number of nitrogens with one attached hydrogen (secondary N) is 1. The molecule has 1 aliphatic carbocycles. The Morgan fingerprint density at radius 1 is 1.22 bits per heavy atom. The lowest BCUT2D eigenvalue weighted by Gasteiger charge is -2.24. The number of aryl methyl sites for hydroxylation is 1. The average Bonchev–Trinajstić information content (AvgIpc) is 3.20. The van der Waals surface area contributed by atoms with Crippen molar-refractivity contribution in [2.75, 3.05) is 0 Å². The van der Waals surface area contributed by atoms with Crippen LogP contribution >= 0.6 is 11.3 Å². The van der Waals surface area contributed by atoms with Gasteiger partial charge in [-0.25, -0.2) is 0 Å². The molecule has 0 bridgehead atoms. The summed E-state index contributed by atoms with van der Waals surface area (Å²) >= 11 is 1.17. The molecule has 0 saturated heterocycles. The smallest absolute Gasteiger partial charge is 0.406 e. The number of ketones is 1. The number of allylic oxidation sites excluding steroid dienone is 4. The van der Waals surface area contributed by atoms with Crippen LogP contribution in [-0.4, -0.2) is 28.3 Å². The number of hydrogen-bond acceptors (Lipinski definition) is 6. The van der Waals surface area contributed by atoms with Crippen molar-refractivity contribution < 1.29 is 27.5 Å². The largest absolute Gasteiger partial charge is 0.573 e. The van der Waals surface area contributed by atoms with E-state index in [1.54, 1.807) is 18.2 Å². The van der Waals surface area contributed by atoms with Gasteiger partial charge in [0.25, 0.3) is 5.91 Å². The maximum atomic E-state index is 12.3. The molecule has 0 aliphatic heterocycles. The minimum absolute atomic E-state index is 0.0252. The molecule has 1 aromatic carbocycles. The van der Waals surface area contributed by atoms with Crippen LogP contribution in [0.15, 0.2) is 48.6 Å². The predicted molar refractivity (Wildman–Crippen MR) is 113 cm³/mol. The van der Waals surface area contributed by atoms with Gasteiger partial charge in [0.2, 0.25) is 5.01 Å². The fourth-order valence-electron chi connectivity index (χ4n) is 3.22. The fourth-order valence-corrected chi connectivity index (χ4v) is 4.01. The molecular weight excluding hydrogens is 443 g/mol. The second-order valence-corrected chi connectivity index (χ2v) is 8.65. The molecular formula is C22H22F3N3O3S. The summed E-state index contributed by atoms with van der Waals surface area (Å²) in [5.74, 6) is -0.698. The van der Waals surface area contributed by atoms with Crippen LogP contribution in [0.1, 0.15) is 46.6 Å². The van der Waals surface area contributed by atoms with Gasteiger partial charge in [-0.2, -0.15) is 0 Å². The van der Waals surface area contributed by atoms with E-state index in [-0.39, 0.29) is 23.1 Å². The molecule has 3 rings (SSSR count). The van der Waals surface area contributed by atoms with E-state index in [0.717, 1.165) is 19.3 Å². The lowest BCUT2D eigenvalue weighted by Crippen LogP contribution is -2.25. The zero-order chi connectivity index (χ0) is 23.2. The first-order chi connectivity index (χ1) is 15.1. The summed E-state index contributed by atoms with van der Waals surface area (Å²) < 4.78 is 40.9. The van der Waals surface area contributed by atoms with E-state index in [9.17, 15) is 22.8 Å². The Labute approximate surface area is 187 Å². The van der Waals surface area contributed by atoms with E-state index in [1.165, 1.54) is 29.5 Å². The second-order valence-electron chi connectivity index (χ2n) is 7.59. The number of ether oxygens (including phenoxy) is 1. The Bertz CT molecular complexity index is 1030. The molecule has 1 heterocycles. The van der Waals surface area contributed by atoms with Gasteiger partial charge in [0.05, 0.1) is 0 Å². The molecule has 0 spiro atoms. The lowest BCUT2D eigenvalue weighted by molar-refractivity contribution is -0.274. The molecule has 0 fully saturated rings. The number of carbonyl (C=O) groups excluding carboxylic acids is 2. The molecule has 0 saturated carbocycles. The lowest BCUT2D eigenvalue weighted by atomic mass is 9.78. The maximum Gasteiger partial charge on any atom is 0.573 e. The highest BCUT2D eigenvalue weighted by Gasteiger charge is 2.31. The highest BCUT2D eigenvalue weighted by molar-refractivity contribution is 7.13. The van der Waals surface area contributed by atoms with Crippen molar-refractivity contribution in [1.29, 1.82) is 0 Å². The Hall–Kier alpha value is -3.01. The molecule has 0 radical (unpaired) electrons. The Kier molecular flexibility index (Phi) is 7.44. The number of halogens is 3. The van der Waals surface area contributed by atoms with Crippen molar-refractivity contribution >= 4 is 23.0 Å². The second kappa shape index (κ2) is 10.1. The number of unbranched alkanes of at least 4 members (excludes halogenated alkanes) is 1. The number of carbonyl (C=O) groups is 2. The molecule has 10 heteroatoms. The van der Waals surface area contributed by atoms with Crippen molar-refractivity contribution in [3.63, 3.8) is 0 Å². The van der Waals surface area contributed by atoms with Crippen LogP contribution in [0.3, 0.4) is 0 Å². The summed E-state index contributed by atoms with van der Waals surface area (Å²) in [6.45, 7) is 1.95. The van der Waals surface area contributed by atoms with Gasteiger partial charge in [0, 0.05) is 18.4 Å². The third-order valence-electron chi connectivity index (χ3n) is 4.97. The normalized spacial score (nSPS) is 18.1. The molecule has 1 aromatic heterocycles. The average molecular weight is 465 g/mol. The molecule has 32 heavy (non-hydrogen) atoms. The first-order valence-corrected chi connectivity index (χ1v) is 10.8. The van der Waals surface area contributed by atoms with Gasteiger partial charge in [-0.3, -0.25) is 9.59 Å². The summed E-state index contributed by atoms with van der Waals surface area (Å²) in [4.78, 5) is 24.3. The van der Waals surface area contributed by atoms with Crippen LogP contribution in [0.5, 0.6) is 5.75 Å². The molecule has 1 atom stereocenters. The van der Waals surface area contributed by atoms with Crippen molar-refractivity contribution in [2.45, 2.75) is 45.5 Å². The summed E-state index contributed by atoms with van der Waals surface area (Å²) in [5.41, 5.74) is -0.0110. The molecule has 1 aliphatic rings. The molecule has 1 N–H and O–H groups in total. The Balaban J connectivity index is 1.44. The first-order valence-electron chi connectivity index (χ1n) is 10.0. The van der Waals surface area contributed by atoms with Crippen molar-refractivity contribution in [3.8, 4) is 5.75 Å². The first kappa shape index (κ1) is 23.6. The monoisotopic (exact) mass is 465 g/mol. The van der Waals surface area contributed by atoms with Gasteiger partial charge in [0.1, 0.15) is 10.8 Å². The summed E-state index contributed by atoms with van der Waals surface area (Å²) in [6, 6.07) is 5.39. The molecule has 6 nitrogen and oxygen atoms in total. The van der Waals surface area contributed by atoms with Crippen LogP contribution < -0.4 is 10.1 Å². The topological polar surface area (TPSA) is 81.2 Å². The minimum atomic E-state index is -4.78. The fraction of sp³-hybridized carbons (Fsp3) is 0.364. The quantitative estimate of drug-likeness (QED) is 0.539. The zero-order valence-electron chi connectivity index (χ0n) is 17.3. The number of rotatable bonds is 9. The third-order valence-corrected chi connectivity index (χ3v) is 5.95. The molecule has 1 amide bonds. The molecule has 1 unspecified atom stereocenters. The van der Waals surface area contributed by atoms with E-state index >= 15 is 0 Å². The van der Waals surface area contributed by atoms with E-state index in [0.29, 0.717) is 17.0 Å². The van der Waals surface area contributed by atoms with Gasteiger partial charge in [-0.1, -0.05) is 48.1 Å². The van der Waals surface area contributed by atoms with Gasteiger partial charge in [0.15, 0.2) is 5.78 Å². The highest BCUT2D eigenvalue weighted by atomic mass is 32.1.